The highest BCUT2D eigenvalue weighted by molar-refractivity contribution is 7.89. The monoisotopic (exact) mass is 387 g/mol. The number of piperidine rings is 1. The van der Waals surface area contributed by atoms with Gasteiger partial charge >= 0.3 is 0 Å². The molecule has 1 saturated heterocycles. The summed E-state index contributed by atoms with van der Waals surface area (Å²) in [5.41, 5.74) is 0.250. The molecule has 26 heavy (non-hydrogen) atoms. The molecule has 0 aromatic rings. The lowest BCUT2D eigenvalue weighted by Crippen LogP contribution is -2.59. The molecule has 152 valence electrons. The number of nitrogens with one attached hydrogen (secondary N) is 3. The van der Waals surface area contributed by atoms with Crippen LogP contribution in [-0.2, 0) is 10.0 Å². The molecule has 8 heteroatoms. The van der Waals surface area contributed by atoms with Crippen molar-refractivity contribution in [1.29, 1.82) is 0 Å². The molecule has 2 aliphatic rings. The molecule has 2 rings (SSSR count). The minimum Gasteiger partial charge on any atom is -0.355 e. The molecule has 0 radical (unpaired) electrons. The Morgan fingerprint density at radius 3 is 2.27 bits per heavy atom. The summed E-state index contributed by atoms with van der Waals surface area (Å²) < 4.78 is 25.5. The van der Waals surface area contributed by atoms with Crippen molar-refractivity contribution < 1.29 is 8.42 Å². The Kier molecular flexibility index (Phi) is 8.63. The highest BCUT2D eigenvalue weighted by Gasteiger charge is 2.38. The van der Waals surface area contributed by atoms with Gasteiger partial charge in [0.1, 0.15) is 0 Å². The van der Waals surface area contributed by atoms with Gasteiger partial charge in [0.2, 0.25) is 10.0 Å². The minimum absolute atomic E-state index is 0.109. The Bertz CT molecular complexity index is 538. The maximum absolute atomic E-state index is 11.5. The van der Waals surface area contributed by atoms with E-state index in [0.717, 1.165) is 12.5 Å². The van der Waals surface area contributed by atoms with E-state index in [1.54, 1.807) is 14.0 Å². The second-order valence-corrected chi connectivity index (χ2v) is 9.58. The van der Waals surface area contributed by atoms with Crippen molar-refractivity contribution >= 4 is 16.0 Å². The van der Waals surface area contributed by atoms with Crippen LogP contribution in [0.2, 0.25) is 0 Å². The Balaban J connectivity index is 1.83. The first-order valence-electron chi connectivity index (χ1n) is 10.2. The van der Waals surface area contributed by atoms with E-state index in [1.807, 2.05) is 0 Å². The van der Waals surface area contributed by atoms with Crippen LogP contribution in [0.3, 0.4) is 0 Å². The number of rotatable bonds is 8. The molecular formula is C18H37N5O2S. The van der Waals surface area contributed by atoms with Crippen molar-refractivity contribution in [2.24, 2.45) is 4.99 Å². The number of aliphatic imine (C=N–C) groups is 1. The van der Waals surface area contributed by atoms with E-state index in [9.17, 15) is 8.42 Å². The number of nitrogens with zero attached hydrogens (tertiary/aromatic N) is 2. The quantitative estimate of drug-likeness (QED) is 0.332. The summed E-state index contributed by atoms with van der Waals surface area (Å²) >= 11 is 0. The van der Waals surface area contributed by atoms with E-state index in [0.29, 0.717) is 13.1 Å². The third-order valence-electron chi connectivity index (χ3n) is 5.74. The van der Waals surface area contributed by atoms with Crippen molar-refractivity contribution in [1.82, 2.24) is 20.3 Å². The predicted octanol–water partition coefficient (Wildman–Crippen LogP) is 1.28. The molecule has 2 fully saturated rings. The van der Waals surface area contributed by atoms with Crippen LogP contribution >= 0.6 is 0 Å². The molecule has 0 amide bonds. The van der Waals surface area contributed by atoms with Crippen molar-refractivity contribution in [2.45, 2.75) is 63.8 Å². The van der Waals surface area contributed by atoms with E-state index < -0.39 is 10.0 Å². The fraction of sp³-hybridized carbons (Fsp3) is 0.944. The van der Waals surface area contributed by atoms with Gasteiger partial charge < -0.3 is 10.6 Å². The van der Waals surface area contributed by atoms with Crippen LogP contribution in [0.4, 0.5) is 0 Å². The third kappa shape index (κ3) is 6.39. The average Bonchev–Trinajstić information content (AvgIpc) is 2.69. The summed E-state index contributed by atoms with van der Waals surface area (Å²) in [6.45, 7) is 5.87. The zero-order valence-electron chi connectivity index (χ0n) is 16.5. The van der Waals surface area contributed by atoms with E-state index in [1.165, 1.54) is 64.5 Å². The van der Waals surface area contributed by atoms with Gasteiger partial charge in [-0.1, -0.05) is 25.7 Å². The van der Waals surface area contributed by atoms with Crippen LogP contribution < -0.4 is 15.4 Å². The topological polar surface area (TPSA) is 85.8 Å². The fourth-order valence-electron chi connectivity index (χ4n) is 4.14. The molecule has 1 heterocycles. The molecule has 3 N–H and O–H groups in total. The molecule has 0 unspecified atom stereocenters. The molecule has 0 aromatic carbocycles. The first-order valence-corrected chi connectivity index (χ1v) is 11.8. The molecule has 1 aliphatic carbocycles. The smallest absolute Gasteiger partial charge is 0.211 e. The highest BCUT2D eigenvalue weighted by Crippen LogP contribution is 2.35. The Morgan fingerprint density at radius 1 is 1.00 bits per heavy atom. The lowest BCUT2D eigenvalue weighted by molar-refractivity contribution is 0.0368. The molecule has 0 bridgehead atoms. The van der Waals surface area contributed by atoms with Crippen LogP contribution in [0.25, 0.3) is 0 Å². The molecule has 0 spiro atoms. The Hall–Kier alpha value is -0.860. The van der Waals surface area contributed by atoms with Crippen molar-refractivity contribution in [3.63, 3.8) is 0 Å². The second-order valence-electron chi connectivity index (χ2n) is 7.48. The Labute approximate surface area is 159 Å². The fourth-order valence-corrected chi connectivity index (χ4v) is 4.76. The van der Waals surface area contributed by atoms with Crippen molar-refractivity contribution in [3.05, 3.63) is 0 Å². The maximum Gasteiger partial charge on any atom is 0.211 e. The van der Waals surface area contributed by atoms with Gasteiger partial charge in [-0.05, 0) is 45.7 Å². The molecule has 1 saturated carbocycles. The lowest BCUT2D eigenvalue weighted by Gasteiger charge is -2.48. The summed E-state index contributed by atoms with van der Waals surface area (Å²) in [4.78, 5) is 7.02. The van der Waals surface area contributed by atoms with Gasteiger partial charge in [-0.15, -0.1) is 0 Å². The van der Waals surface area contributed by atoms with Crippen molar-refractivity contribution in [3.8, 4) is 0 Å². The summed E-state index contributed by atoms with van der Waals surface area (Å²) in [7, 11) is -1.37. The van der Waals surface area contributed by atoms with E-state index in [4.69, 9.17) is 0 Å². The SMILES string of the molecule is CCS(=O)(=O)NCCNC(=NC)NCC1(N2CCCCC2)CCCCC1. The van der Waals surface area contributed by atoms with Gasteiger partial charge in [0.05, 0.1) is 5.75 Å². The summed E-state index contributed by atoms with van der Waals surface area (Å²) in [6.07, 6.45) is 10.5. The zero-order valence-corrected chi connectivity index (χ0v) is 17.3. The van der Waals surface area contributed by atoms with Crippen molar-refractivity contribution in [2.75, 3.05) is 45.5 Å². The van der Waals surface area contributed by atoms with Gasteiger partial charge in [-0.25, -0.2) is 13.1 Å². The Morgan fingerprint density at radius 2 is 1.65 bits per heavy atom. The number of sulfonamides is 1. The largest absolute Gasteiger partial charge is 0.355 e. The summed E-state index contributed by atoms with van der Waals surface area (Å²) in [5, 5.41) is 6.73. The van der Waals surface area contributed by atoms with Crippen LogP contribution in [0.15, 0.2) is 4.99 Å². The van der Waals surface area contributed by atoms with E-state index in [-0.39, 0.29) is 11.3 Å². The molecule has 0 aromatic heterocycles. The van der Waals surface area contributed by atoms with Crippen LogP contribution in [0.1, 0.15) is 58.3 Å². The number of likely N-dealkylation sites (tertiary alicyclic amines) is 1. The van der Waals surface area contributed by atoms with Gasteiger partial charge in [-0.3, -0.25) is 9.89 Å². The van der Waals surface area contributed by atoms with Gasteiger partial charge in [0, 0.05) is 32.2 Å². The minimum atomic E-state index is -3.13. The van der Waals surface area contributed by atoms with Crippen LogP contribution in [-0.4, -0.2) is 70.3 Å². The first kappa shape index (κ1) is 21.4. The van der Waals surface area contributed by atoms with Crippen LogP contribution in [0.5, 0.6) is 0 Å². The molecule has 7 nitrogen and oxygen atoms in total. The maximum atomic E-state index is 11.5. The highest BCUT2D eigenvalue weighted by atomic mass is 32.2. The average molecular weight is 388 g/mol. The summed E-state index contributed by atoms with van der Waals surface area (Å²) in [5.74, 6) is 0.862. The standard InChI is InChI=1S/C18H37N5O2S/c1-3-26(24,25)22-13-12-20-17(19-2)21-16-18(10-6-4-7-11-18)23-14-8-5-9-15-23/h22H,3-16H2,1-2H3,(H2,19,20,21). The van der Waals surface area contributed by atoms with Gasteiger partial charge in [0.15, 0.2) is 5.96 Å². The van der Waals surface area contributed by atoms with Gasteiger partial charge in [-0.2, -0.15) is 0 Å². The number of guanidine groups is 1. The molecule has 0 atom stereocenters. The lowest BCUT2D eigenvalue weighted by atomic mass is 9.79. The van der Waals surface area contributed by atoms with Crippen LogP contribution in [0, 0.1) is 0 Å². The normalized spacial score (nSPS) is 22.2. The predicted molar refractivity (Wildman–Crippen MR) is 108 cm³/mol. The van der Waals surface area contributed by atoms with Gasteiger partial charge in [0.25, 0.3) is 0 Å². The zero-order chi connectivity index (χ0) is 18.9. The van der Waals surface area contributed by atoms with E-state index in [2.05, 4.69) is 25.2 Å². The summed E-state index contributed by atoms with van der Waals surface area (Å²) in [6, 6.07) is 0. The number of hydrogen-bond acceptors (Lipinski definition) is 4. The number of hydrogen-bond donors (Lipinski definition) is 3. The first-order chi connectivity index (χ1) is 12.5. The molecule has 1 aliphatic heterocycles. The van der Waals surface area contributed by atoms with E-state index >= 15 is 0 Å². The third-order valence-corrected chi connectivity index (χ3v) is 7.14. The second kappa shape index (κ2) is 10.5. The molecular weight excluding hydrogens is 350 g/mol.